The van der Waals surface area contributed by atoms with Crippen molar-refractivity contribution >= 4 is 22.4 Å². The largest absolute Gasteiger partial charge is 0.361 e. The number of carbonyl (C=O) groups excluding carboxylic acids is 1. The molecule has 1 atom stereocenters. The van der Waals surface area contributed by atoms with Crippen LogP contribution in [0.15, 0.2) is 30.5 Å². The number of nitrogens with two attached hydrogens (primary N) is 1. The molecule has 24 heavy (non-hydrogen) atoms. The summed E-state index contributed by atoms with van der Waals surface area (Å²) in [5, 5.41) is 4.17. The number of hydrogen-bond acceptors (Lipinski definition) is 2. The van der Waals surface area contributed by atoms with Crippen LogP contribution in [0.3, 0.4) is 0 Å². The normalized spacial score (nSPS) is 15.8. The van der Waals surface area contributed by atoms with E-state index in [4.69, 9.17) is 5.73 Å². The lowest BCUT2D eigenvalue weighted by Gasteiger charge is -2.16. The minimum absolute atomic E-state index is 0.0550. The summed E-state index contributed by atoms with van der Waals surface area (Å²) in [4.78, 5) is 13.6. The van der Waals surface area contributed by atoms with E-state index in [0.717, 1.165) is 32.2 Å². The van der Waals surface area contributed by atoms with Crippen molar-refractivity contribution in [2.24, 2.45) is 5.73 Å². The Kier molecular flexibility index (Phi) is 6.62. The van der Waals surface area contributed by atoms with Crippen LogP contribution < -0.4 is 11.1 Å². The number of allylic oxidation sites excluding steroid dienone is 1. The first kappa shape index (κ1) is 18.3. The fourth-order valence-electron chi connectivity index (χ4n) is 3.04. The van der Waals surface area contributed by atoms with Crippen LogP contribution in [0, 0.1) is 0 Å². The van der Waals surface area contributed by atoms with Gasteiger partial charge in [-0.1, -0.05) is 25.1 Å². The second kappa shape index (κ2) is 8.69. The summed E-state index contributed by atoms with van der Waals surface area (Å²) in [6.45, 7) is 6.30. The minimum Gasteiger partial charge on any atom is -0.361 e. The Hall–Kier alpha value is -2.07. The van der Waals surface area contributed by atoms with E-state index >= 15 is 0 Å². The molecule has 0 fully saturated rings. The van der Waals surface area contributed by atoms with Crippen LogP contribution in [-0.4, -0.2) is 23.5 Å². The van der Waals surface area contributed by atoms with Crippen LogP contribution in [0.25, 0.3) is 16.5 Å². The Bertz CT molecular complexity index is 715. The van der Waals surface area contributed by atoms with E-state index in [0.29, 0.717) is 6.04 Å². The van der Waals surface area contributed by atoms with Gasteiger partial charge in [0.2, 0.25) is 5.91 Å². The number of carbonyl (C=O) groups is 1. The Morgan fingerprint density at radius 2 is 2.21 bits per heavy atom. The molecular weight excluding hydrogens is 298 g/mol. The molecule has 1 aromatic carbocycles. The summed E-state index contributed by atoms with van der Waals surface area (Å²) in [5.74, 6) is 0.0550. The van der Waals surface area contributed by atoms with Crippen LogP contribution in [-0.2, 0) is 11.2 Å². The van der Waals surface area contributed by atoms with Crippen molar-refractivity contribution < 1.29 is 4.79 Å². The molecule has 0 spiro atoms. The molecule has 0 unspecified atom stereocenters. The maximum atomic E-state index is 10.3. The molecule has 1 amide bonds. The lowest BCUT2D eigenvalue weighted by atomic mass is 9.88. The molecule has 4 heteroatoms. The third kappa shape index (κ3) is 4.48. The van der Waals surface area contributed by atoms with Crippen LogP contribution in [0.1, 0.15) is 51.2 Å². The van der Waals surface area contributed by atoms with Gasteiger partial charge in [0.15, 0.2) is 0 Å². The van der Waals surface area contributed by atoms with Gasteiger partial charge in [0, 0.05) is 30.1 Å². The molecule has 1 aromatic heterocycles. The first-order valence-electron chi connectivity index (χ1n) is 8.82. The summed E-state index contributed by atoms with van der Waals surface area (Å²) in [5.41, 5.74) is 11.1. The molecule has 1 aliphatic carbocycles. The van der Waals surface area contributed by atoms with E-state index in [1.807, 2.05) is 13.8 Å². The standard InChI is InChI=1S/C14H16N2.C6H13NO/c15-8-2-3-10-6-7-11-9-16-13-5-1-4-12(10)14(11)13;1-4-5(2)7-6(3)8/h1,3-5,9,16H,2,6-8,15H2;5H,4H2,1-3H3,(H,7,8)/b10-3+;/t;5-/m.1/s1. The van der Waals surface area contributed by atoms with Gasteiger partial charge < -0.3 is 16.0 Å². The van der Waals surface area contributed by atoms with Crippen molar-refractivity contribution in [3.63, 3.8) is 0 Å². The zero-order valence-corrected chi connectivity index (χ0v) is 15.0. The van der Waals surface area contributed by atoms with Crippen molar-refractivity contribution in [3.05, 3.63) is 41.6 Å². The van der Waals surface area contributed by atoms with Crippen molar-refractivity contribution in [1.82, 2.24) is 10.3 Å². The Morgan fingerprint density at radius 3 is 2.83 bits per heavy atom. The van der Waals surface area contributed by atoms with E-state index in [-0.39, 0.29) is 5.91 Å². The third-order valence-electron chi connectivity index (χ3n) is 4.42. The highest BCUT2D eigenvalue weighted by molar-refractivity contribution is 5.96. The molecule has 4 nitrogen and oxygen atoms in total. The van der Waals surface area contributed by atoms with Gasteiger partial charge >= 0.3 is 0 Å². The number of aromatic amines is 1. The van der Waals surface area contributed by atoms with Gasteiger partial charge in [-0.05, 0) is 61.9 Å². The number of amides is 1. The third-order valence-corrected chi connectivity index (χ3v) is 4.42. The van der Waals surface area contributed by atoms with Crippen molar-refractivity contribution in [1.29, 1.82) is 0 Å². The van der Waals surface area contributed by atoms with Gasteiger partial charge in [0.25, 0.3) is 0 Å². The van der Waals surface area contributed by atoms with Crippen molar-refractivity contribution in [3.8, 4) is 0 Å². The van der Waals surface area contributed by atoms with E-state index in [2.05, 4.69) is 40.8 Å². The Morgan fingerprint density at radius 1 is 1.42 bits per heavy atom. The van der Waals surface area contributed by atoms with E-state index in [1.54, 1.807) is 0 Å². The molecule has 0 saturated heterocycles. The van der Waals surface area contributed by atoms with Crippen molar-refractivity contribution in [2.45, 2.75) is 52.5 Å². The van der Waals surface area contributed by atoms with E-state index in [1.165, 1.54) is 34.5 Å². The number of benzene rings is 1. The van der Waals surface area contributed by atoms with Gasteiger partial charge in [0.1, 0.15) is 0 Å². The van der Waals surface area contributed by atoms with Gasteiger partial charge in [0.05, 0.1) is 0 Å². The van der Waals surface area contributed by atoms with Crippen LogP contribution in [0.4, 0.5) is 0 Å². The number of rotatable bonds is 4. The second-order valence-corrected chi connectivity index (χ2v) is 6.36. The monoisotopic (exact) mass is 327 g/mol. The number of hydrogen-bond donors (Lipinski definition) is 3. The van der Waals surface area contributed by atoms with Gasteiger partial charge in [-0.2, -0.15) is 0 Å². The molecule has 0 aliphatic heterocycles. The number of H-pyrrole nitrogens is 1. The van der Waals surface area contributed by atoms with Crippen molar-refractivity contribution in [2.75, 3.05) is 6.54 Å². The SMILES string of the molecule is CC[C@@H](C)NC(C)=O.NCC/C=C1\CCc2c[nH]c3cccc1c23. The lowest BCUT2D eigenvalue weighted by molar-refractivity contribution is -0.119. The van der Waals surface area contributed by atoms with E-state index in [9.17, 15) is 4.79 Å². The second-order valence-electron chi connectivity index (χ2n) is 6.36. The maximum absolute atomic E-state index is 10.3. The number of nitrogens with one attached hydrogen (secondary N) is 2. The highest BCUT2D eigenvalue weighted by Gasteiger charge is 2.16. The molecule has 0 bridgehead atoms. The van der Waals surface area contributed by atoms with E-state index < -0.39 is 0 Å². The van der Waals surface area contributed by atoms with Crippen LogP contribution >= 0.6 is 0 Å². The Labute approximate surface area is 144 Å². The average molecular weight is 327 g/mol. The smallest absolute Gasteiger partial charge is 0.217 e. The molecule has 0 saturated carbocycles. The quantitative estimate of drug-likeness (QED) is 0.800. The number of aromatic nitrogens is 1. The highest BCUT2D eigenvalue weighted by atomic mass is 16.1. The Balaban J connectivity index is 0.000000224. The van der Waals surface area contributed by atoms with Crippen LogP contribution in [0.5, 0.6) is 0 Å². The zero-order valence-electron chi connectivity index (χ0n) is 15.0. The molecule has 0 radical (unpaired) electrons. The first-order chi connectivity index (χ1) is 11.6. The summed E-state index contributed by atoms with van der Waals surface area (Å²) >= 11 is 0. The fourth-order valence-corrected chi connectivity index (χ4v) is 3.04. The summed E-state index contributed by atoms with van der Waals surface area (Å²) in [7, 11) is 0. The highest BCUT2D eigenvalue weighted by Crippen LogP contribution is 2.35. The lowest BCUT2D eigenvalue weighted by Crippen LogP contribution is -2.29. The predicted molar refractivity (Wildman–Crippen MR) is 102 cm³/mol. The molecule has 4 N–H and O–H groups in total. The van der Waals surface area contributed by atoms with Gasteiger partial charge in [-0.15, -0.1) is 0 Å². The molecule has 1 aliphatic rings. The van der Waals surface area contributed by atoms with Crippen LogP contribution in [0.2, 0.25) is 0 Å². The molecule has 3 rings (SSSR count). The fraction of sp³-hybridized carbons (Fsp3) is 0.450. The molecule has 2 aromatic rings. The summed E-state index contributed by atoms with van der Waals surface area (Å²) in [6.07, 6.45) is 8.71. The first-order valence-corrected chi connectivity index (χ1v) is 8.82. The average Bonchev–Trinajstić information content (AvgIpc) is 2.99. The number of aryl methyl sites for hydroxylation is 1. The molecular formula is C20H29N3O. The summed E-state index contributed by atoms with van der Waals surface area (Å²) in [6, 6.07) is 6.82. The topological polar surface area (TPSA) is 70.9 Å². The van der Waals surface area contributed by atoms with Gasteiger partial charge in [-0.25, -0.2) is 0 Å². The molecule has 1 heterocycles. The summed E-state index contributed by atoms with van der Waals surface area (Å²) < 4.78 is 0. The minimum atomic E-state index is 0.0550. The zero-order chi connectivity index (χ0) is 17.5. The predicted octanol–water partition coefficient (Wildman–Crippen LogP) is 3.77. The van der Waals surface area contributed by atoms with Gasteiger partial charge in [-0.3, -0.25) is 4.79 Å². The maximum Gasteiger partial charge on any atom is 0.217 e. The molecule has 130 valence electrons.